The van der Waals surface area contributed by atoms with Gasteiger partial charge in [-0.2, -0.15) is 0 Å². The van der Waals surface area contributed by atoms with Crippen molar-refractivity contribution in [3.05, 3.63) is 36.0 Å². The number of hydrogen-bond acceptors (Lipinski definition) is 3. The van der Waals surface area contributed by atoms with Gasteiger partial charge in [0.25, 0.3) is 0 Å². The van der Waals surface area contributed by atoms with Crippen LogP contribution < -0.4 is 4.90 Å². The first-order valence-corrected chi connectivity index (χ1v) is 6.94. The summed E-state index contributed by atoms with van der Waals surface area (Å²) in [6.07, 6.45) is 0.909. The van der Waals surface area contributed by atoms with Gasteiger partial charge in [-0.15, -0.1) is 0 Å². The van der Waals surface area contributed by atoms with E-state index >= 15 is 0 Å². The number of nitrogens with zero attached hydrogens (tertiary/aromatic N) is 2. The van der Waals surface area contributed by atoms with Gasteiger partial charge in [-0.25, -0.2) is 4.79 Å². The fraction of sp³-hybridized carbons (Fsp3) is 0.375. The summed E-state index contributed by atoms with van der Waals surface area (Å²) in [5, 5.41) is 10.5. The summed E-state index contributed by atoms with van der Waals surface area (Å²) in [6, 6.07) is 9.47. The summed E-state index contributed by atoms with van der Waals surface area (Å²) in [7, 11) is 0. The van der Waals surface area contributed by atoms with E-state index in [1.54, 1.807) is 0 Å². The van der Waals surface area contributed by atoms with Gasteiger partial charge in [0, 0.05) is 23.3 Å². The smallest absolute Gasteiger partial charge is 0.326 e. The fourth-order valence-corrected chi connectivity index (χ4v) is 3.12. The van der Waals surface area contributed by atoms with Crippen molar-refractivity contribution in [3.63, 3.8) is 0 Å². The number of benzene rings is 1. The lowest BCUT2D eigenvalue weighted by molar-refractivity contribution is -0.139. The Morgan fingerprint density at radius 1 is 1.40 bits per heavy atom. The van der Waals surface area contributed by atoms with Crippen LogP contribution in [0.3, 0.4) is 0 Å². The molecule has 4 nitrogen and oxygen atoms in total. The van der Waals surface area contributed by atoms with Crippen LogP contribution in [0.5, 0.6) is 0 Å². The minimum atomic E-state index is -0.742. The van der Waals surface area contributed by atoms with E-state index in [0.29, 0.717) is 0 Å². The molecule has 1 aromatic heterocycles. The van der Waals surface area contributed by atoms with E-state index < -0.39 is 12.0 Å². The van der Waals surface area contributed by atoms with Crippen LogP contribution in [0.4, 0.5) is 5.69 Å². The fourth-order valence-electron chi connectivity index (χ4n) is 3.12. The SMILES string of the molecule is Cc1cc(N2CCC(C)C2C(=O)O)c2ccccc2n1. The number of carboxylic acids is 1. The number of carboxylic acid groups (broad SMARTS) is 1. The molecular weight excluding hydrogens is 252 g/mol. The zero-order valence-corrected chi connectivity index (χ0v) is 11.7. The van der Waals surface area contributed by atoms with E-state index in [9.17, 15) is 9.90 Å². The van der Waals surface area contributed by atoms with Crippen molar-refractivity contribution >= 4 is 22.6 Å². The molecule has 0 spiro atoms. The Balaban J connectivity index is 2.16. The Labute approximate surface area is 118 Å². The summed E-state index contributed by atoms with van der Waals surface area (Å²) in [4.78, 5) is 18.1. The molecule has 1 N–H and O–H groups in total. The van der Waals surface area contributed by atoms with Crippen LogP contribution in [0.25, 0.3) is 10.9 Å². The molecule has 1 aliphatic heterocycles. The van der Waals surface area contributed by atoms with E-state index in [4.69, 9.17) is 0 Å². The average molecular weight is 270 g/mol. The van der Waals surface area contributed by atoms with Gasteiger partial charge < -0.3 is 10.0 Å². The molecule has 0 saturated carbocycles. The molecule has 3 rings (SSSR count). The minimum absolute atomic E-state index is 0.166. The number of pyridine rings is 1. The van der Waals surface area contributed by atoms with E-state index in [-0.39, 0.29) is 5.92 Å². The first kappa shape index (κ1) is 12.9. The van der Waals surface area contributed by atoms with Crippen LogP contribution in [-0.2, 0) is 4.79 Å². The van der Waals surface area contributed by atoms with Crippen molar-refractivity contribution in [2.75, 3.05) is 11.4 Å². The van der Waals surface area contributed by atoms with Crippen LogP contribution in [0, 0.1) is 12.8 Å². The Morgan fingerprint density at radius 3 is 2.90 bits per heavy atom. The third-order valence-electron chi connectivity index (χ3n) is 4.08. The quantitative estimate of drug-likeness (QED) is 0.911. The molecule has 0 radical (unpaired) electrons. The molecule has 2 aromatic rings. The molecule has 1 fully saturated rings. The van der Waals surface area contributed by atoms with Crippen LogP contribution >= 0.6 is 0 Å². The molecule has 1 aromatic carbocycles. The zero-order valence-electron chi connectivity index (χ0n) is 11.7. The van der Waals surface area contributed by atoms with Gasteiger partial charge >= 0.3 is 5.97 Å². The van der Waals surface area contributed by atoms with E-state index in [0.717, 1.165) is 35.2 Å². The number of aryl methyl sites for hydroxylation is 1. The Morgan fingerprint density at radius 2 is 2.15 bits per heavy atom. The minimum Gasteiger partial charge on any atom is -0.480 e. The van der Waals surface area contributed by atoms with Gasteiger partial charge in [-0.05, 0) is 31.4 Å². The first-order valence-electron chi connectivity index (χ1n) is 6.94. The molecule has 0 bridgehead atoms. The van der Waals surface area contributed by atoms with Gasteiger partial charge in [-0.1, -0.05) is 25.1 Å². The molecule has 104 valence electrons. The second kappa shape index (κ2) is 4.78. The number of rotatable bonds is 2. The topological polar surface area (TPSA) is 53.4 Å². The van der Waals surface area contributed by atoms with Crippen LogP contribution in [-0.4, -0.2) is 28.6 Å². The molecule has 2 unspecified atom stereocenters. The van der Waals surface area contributed by atoms with Crippen LogP contribution in [0.1, 0.15) is 19.0 Å². The van der Waals surface area contributed by atoms with Gasteiger partial charge in [0.15, 0.2) is 0 Å². The maximum atomic E-state index is 11.6. The molecule has 4 heteroatoms. The highest BCUT2D eigenvalue weighted by molar-refractivity contribution is 5.94. The number of hydrogen-bond donors (Lipinski definition) is 1. The van der Waals surface area contributed by atoms with Crippen molar-refractivity contribution in [1.29, 1.82) is 0 Å². The molecule has 0 aliphatic carbocycles. The normalized spacial score (nSPS) is 22.4. The van der Waals surface area contributed by atoms with E-state index in [1.165, 1.54) is 0 Å². The van der Waals surface area contributed by atoms with Crippen molar-refractivity contribution < 1.29 is 9.90 Å². The van der Waals surface area contributed by atoms with Crippen molar-refractivity contribution in [1.82, 2.24) is 4.98 Å². The predicted octanol–water partition coefficient (Wildman–Crippen LogP) is 2.84. The Hall–Kier alpha value is -2.10. The molecule has 2 atom stereocenters. The second-order valence-corrected chi connectivity index (χ2v) is 5.54. The molecule has 0 amide bonds. The van der Waals surface area contributed by atoms with E-state index in [1.807, 2.05) is 49.1 Å². The maximum absolute atomic E-state index is 11.6. The van der Waals surface area contributed by atoms with Crippen molar-refractivity contribution in [2.45, 2.75) is 26.3 Å². The predicted molar refractivity (Wildman–Crippen MR) is 79.0 cm³/mol. The number of aliphatic carboxylic acids is 1. The second-order valence-electron chi connectivity index (χ2n) is 5.54. The lowest BCUT2D eigenvalue weighted by Gasteiger charge is -2.27. The molecule has 1 aliphatic rings. The Kier molecular flexibility index (Phi) is 3.08. The number of para-hydroxylation sites is 1. The molecular formula is C16H18N2O2. The summed E-state index contributed by atoms with van der Waals surface area (Å²) in [5.41, 5.74) is 2.83. The van der Waals surface area contributed by atoms with Crippen LogP contribution in [0.15, 0.2) is 30.3 Å². The van der Waals surface area contributed by atoms with Gasteiger partial charge in [-0.3, -0.25) is 4.98 Å². The zero-order chi connectivity index (χ0) is 14.3. The number of fused-ring (bicyclic) bond motifs is 1. The molecule has 1 saturated heterocycles. The molecule has 20 heavy (non-hydrogen) atoms. The maximum Gasteiger partial charge on any atom is 0.326 e. The standard InChI is InChI=1S/C16H18N2O2/c1-10-7-8-18(15(10)16(19)20)14-9-11(2)17-13-6-4-3-5-12(13)14/h3-6,9-10,15H,7-8H2,1-2H3,(H,19,20). The lowest BCUT2D eigenvalue weighted by Crippen LogP contribution is -2.39. The molecule has 2 heterocycles. The Bertz CT molecular complexity index is 669. The highest BCUT2D eigenvalue weighted by Crippen LogP contribution is 2.34. The van der Waals surface area contributed by atoms with Crippen molar-refractivity contribution in [3.8, 4) is 0 Å². The van der Waals surface area contributed by atoms with Gasteiger partial charge in [0.1, 0.15) is 6.04 Å². The average Bonchev–Trinajstić information content (AvgIpc) is 2.79. The van der Waals surface area contributed by atoms with Gasteiger partial charge in [0.2, 0.25) is 0 Å². The van der Waals surface area contributed by atoms with Gasteiger partial charge in [0.05, 0.1) is 5.52 Å². The van der Waals surface area contributed by atoms with Crippen molar-refractivity contribution in [2.24, 2.45) is 5.92 Å². The third kappa shape index (κ3) is 2.01. The highest BCUT2D eigenvalue weighted by atomic mass is 16.4. The monoisotopic (exact) mass is 270 g/mol. The number of anilines is 1. The number of aromatic nitrogens is 1. The largest absolute Gasteiger partial charge is 0.480 e. The third-order valence-corrected chi connectivity index (χ3v) is 4.08. The summed E-state index contributed by atoms with van der Waals surface area (Å²) in [6.45, 7) is 4.74. The number of carbonyl (C=O) groups is 1. The highest BCUT2D eigenvalue weighted by Gasteiger charge is 2.37. The van der Waals surface area contributed by atoms with Crippen LogP contribution in [0.2, 0.25) is 0 Å². The first-order chi connectivity index (χ1) is 9.58. The summed E-state index contributed by atoms with van der Waals surface area (Å²) < 4.78 is 0. The summed E-state index contributed by atoms with van der Waals surface area (Å²) >= 11 is 0. The van der Waals surface area contributed by atoms with E-state index in [2.05, 4.69) is 4.98 Å². The lowest BCUT2D eigenvalue weighted by atomic mass is 10.0. The summed E-state index contributed by atoms with van der Waals surface area (Å²) in [5.74, 6) is -0.576.